The number of rotatable bonds is 16. The van der Waals surface area contributed by atoms with E-state index in [2.05, 4.69) is 259 Å². The lowest BCUT2D eigenvalue weighted by Crippen LogP contribution is -2.39. The molecule has 4 aromatic rings. The molecule has 0 saturated heterocycles. The summed E-state index contributed by atoms with van der Waals surface area (Å²) in [5.41, 5.74) is 26.0. The summed E-state index contributed by atoms with van der Waals surface area (Å²) in [6.07, 6.45) is 63.6. The number of hydrogen-bond donors (Lipinski definition) is 0. The number of nitrogens with zero attached hydrogens (tertiary/aromatic N) is 2. The third-order valence-electron chi connectivity index (χ3n) is 25.4. The summed E-state index contributed by atoms with van der Waals surface area (Å²) in [6.45, 7) is 22.0. The van der Waals surface area contributed by atoms with E-state index in [0.717, 1.165) is 130 Å². The molecule has 4 nitrogen and oxygen atoms in total. The van der Waals surface area contributed by atoms with Gasteiger partial charge in [0, 0.05) is 75.2 Å². The van der Waals surface area contributed by atoms with Gasteiger partial charge in [-0.1, -0.05) is 187 Å². The number of thioether (sulfide) groups is 1. The van der Waals surface area contributed by atoms with Gasteiger partial charge in [-0.25, -0.2) is 8.78 Å². The number of benzene rings is 4. The van der Waals surface area contributed by atoms with Gasteiger partial charge in [0.1, 0.15) is 23.8 Å². The largest absolute Gasteiger partial charge is 0.490 e. The van der Waals surface area contributed by atoms with Crippen molar-refractivity contribution in [3.05, 3.63) is 338 Å². The molecule has 17 rings (SSSR count). The smallest absolute Gasteiger partial charge is 0.127 e. The minimum absolute atomic E-state index is 0.00757. The van der Waals surface area contributed by atoms with Gasteiger partial charge >= 0.3 is 0 Å². The van der Waals surface area contributed by atoms with E-state index in [1.54, 1.807) is 5.57 Å². The van der Waals surface area contributed by atoms with E-state index in [9.17, 15) is 0 Å². The molecule has 0 radical (unpaired) electrons. The molecule has 105 heavy (non-hydrogen) atoms. The van der Waals surface area contributed by atoms with Crippen molar-refractivity contribution < 1.29 is 18.3 Å². The molecule has 0 bridgehead atoms. The Labute approximate surface area is 628 Å². The van der Waals surface area contributed by atoms with E-state index in [0.29, 0.717) is 38.0 Å². The van der Waals surface area contributed by atoms with Crippen molar-refractivity contribution in [2.75, 3.05) is 9.80 Å². The number of ether oxygens (including phenoxy) is 2. The molecule has 0 amide bonds. The lowest BCUT2D eigenvalue weighted by molar-refractivity contribution is 0.146. The molecule has 0 aromatic heterocycles. The second-order valence-corrected chi connectivity index (χ2v) is 34.8. The molecule has 0 fully saturated rings. The molecular weight excluding hydrogens is 1310 g/mol. The van der Waals surface area contributed by atoms with E-state index in [1.165, 1.54) is 88.7 Å². The number of alkyl halides is 1. The first-order chi connectivity index (χ1) is 51.0. The second-order valence-electron chi connectivity index (χ2n) is 33.6. The Hall–Kier alpha value is -8.65. The highest BCUT2D eigenvalue weighted by Gasteiger charge is 2.54. The predicted octanol–water partition coefficient (Wildman–Crippen LogP) is 26.1. The van der Waals surface area contributed by atoms with Crippen molar-refractivity contribution in [2.45, 2.75) is 209 Å². The Kier molecular flexibility index (Phi) is 18.5. The molecule has 9 atom stereocenters. The molecule has 0 spiro atoms. The van der Waals surface area contributed by atoms with Crippen LogP contribution in [0.3, 0.4) is 0 Å². The molecule has 536 valence electrons. The molecule has 13 aliphatic rings. The van der Waals surface area contributed by atoms with E-state index >= 15 is 8.78 Å². The van der Waals surface area contributed by atoms with Gasteiger partial charge in [-0.2, -0.15) is 0 Å². The van der Waals surface area contributed by atoms with Crippen LogP contribution in [0, 0.1) is 22.7 Å². The minimum atomic E-state index is -0.860. The highest BCUT2D eigenvalue weighted by molar-refractivity contribution is 8.00. The lowest BCUT2D eigenvalue weighted by atomic mass is 9.57. The predicted molar refractivity (Wildman–Crippen MR) is 433 cm³/mol. The van der Waals surface area contributed by atoms with Crippen molar-refractivity contribution in [1.29, 1.82) is 0 Å². The van der Waals surface area contributed by atoms with Crippen LogP contribution in [-0.4, -0.2) is 23.6 Å². The maximum Gasteiger partial charge on any atom is 0.127 e. The van der Waals surface area contributed by atoms with E-state index in [-0.39, 0.29) is 51.3 Å². The van der Waals surface area contributed by atoms with Crippen LogP contribution in [0.1, 0.15) is 203 Å². The standard InChI is InChI=1S/C98H102F2N2O2S/c1-9-63-19-47-79(48-20-63)103-81-51-31-69(32-52-81)97(67-27-23-65(24-28-67)95(3,4)5)89-17-13-11-15-83(89)85-55-43-75(59-91(85)97)101(73-39-35-71(99)36-40-73)77-45-57-87-88-58-46-78(62-94(88)105-93(87)61-77)102(74-41-37-72(100)38-42-74)76-44-56-86-84-16-12-14-18-90(84)98(92(86)60-76,68-29-25-66(26-30-68)96(6,7)8)70-33-53-82(54-34-70)104-80-49-21-64(10-2)22-50-80/h9-11,15,19-21,23-27,29-31,33-35,41,44-47,49-51,53-54,56-62,64,67,72-73,79,88,94H,1-2,12-14,16-18,22,28,32,36-40,42-43,48,52,55H2,3-8H3. The Morgan fingerprint density at radius 1 is 0.648 bits per heavy atom. The summed E-state index contributed by atoms with van der Waals surface area (Å²) in [5.74, 6) is 3.48. The Morgan fingerprint density at radius 3 is 2.18 bits per heavy atom. The summed E-state index contributed by atoms with van der Waals surface area (Å²) < 4.78 is 44.3. The summed E-state index contributed by atoms with van der Waals surface area (Å²) in [7, 11) is 0. The fourth-order valence-electron chi connectivity index (χ4n) is 20.0. The first-order valence-corrected chi connectivity index (χ1v) is 40.4. The SMILES string of the molecule is C=CC1=CCC(OC2=CC=C(C3(C4C=CC(C(C)(C)C)=CC4)C4=C(CCC(N(c5ccc6c(c5)SC5C=C(N(C7=CCC(F)CC7)c7ccc8c(c7)C(c7ccc(OC9=CCC(C=C)C=C9)cc7)(c7ccc(C(C)(C)C)cc7)C7=C8CCCC7)C=CC65)C5CC=C(F)CC5)=C4)C4=C3CCC=C4)CC2)C=C1. The highest BCUT2D eigenvalue weighted by atomic mass is 32.2. The molecule has 9 unspecified atom stereocenters. The normalized spacial score (nSPS) is 28.1. The van der Waals surface area contributed by atoms with Gasteiger partial charge in [0.15, 0.2) is 0 Å². The second kappa shape index (κ2) is 27.9. The van der Waals surface area contributed by atoms with Gasteiger partial charge < -0.3 is 19.3 Å². The van der Waals surface area contributed by atoms with Crippen molar-refractivity contribution in [3.8, 4) is 5.75 Å². The Bertz CT molecular complexity index is 4800. The first-order valence-electron chi connectivity index (χ1n) is 39.5. The number of allylic oxidation sites excluding steroid dienone is 30. The van der Waals surface area contributed by atoms with E-state index in [1.807, 2.05) is 30.0 Å². The first kappa shape index (κ1) is 69.4. The zero-order chi connectivity index (χ0) is 71.9. The highest BCUT2D eigenvalue weighted by Crippen LogP contribution is 2.66. The summed E-state index contributed by atoms with van der Waals surface area (Å²) in [5, 5.41) is 0.135. The summed E-state index contributed by atoms with van der Waals surface area (Å²) >= 11 is 1.98. The third-order valence-corrected chi connectivity index (χ3v) is 26.7. The maximum absolute atomic E-state index is 15.5. The van der Waals surface area contributed by atoms with Crippen LogP contribution in [0.4, 0.5) is 20.2 Å². The Morgan fingerprint density at radius 2 is 1.48 bits per heavy atom. The average Bonchev–Trinajstić information content (AvgIpc) is 1.55. The molecule has 4 aromatic carbocycles. The van der Waals surface area contributed by atoms with Gasteiger partial charge in [-0.15, -0.1) is 18.3 Å². The Balaban J connectivity index is 0.731. The molecule has 1 heterocycles. The van der Waals surface area contributed by atoms with Crippen LogP contribution in [-0.2, 0) is 15.6 Å². The quantitative estimate of drug-likeness (QED) is 0.104. The van der Waals surface area contributed by atoms with Gasteiger partial charge in [-0.05, 0) is 282 Å². The lowest BCUT2D eigenvalue weighted by Gasteiger charge is -2.47. The number of fused-ring (bicyclic) bond motifs is 6. The van der Waals surface area contributed by atoms with Crippen LogP contribution in [0.2, 0.25) is 0 Å². The molecular formula is C98H102F2N2O2S. The minimum Gasteiger partial charge on any atom is -0.490 e. The number of anilines is 2. The van der Waals surface area contributed by atoms with E-state index < -0.39 is 11.6 Å². The van der Waals surface area contributed by atoms with Gasteiger partial charge in [0.05, 0.1) is 17.0 Å². The fourth-order valence-corrected chi connectivity index (χ4v) is 21.4. The fraction of sp³-hybridized carbons (Fsp3) is 0.367. The van der Waals surface area contributed by atoms with Crippen LogP contribution >= 0.6 is 11.8 Å². The van der Waals surface area contributed by atoms with Gasteiger partial charge in [0.2, 0.25) is 0 Å². The van der Waals surface area contributed by atoms with E-state index in [4.69, 9.17) is 9.47 Å². The van der Waals surface area contributed by atoms with Crippen LogP contribution in [0.5, 0.6) is 5.75 Å². The zero-order valence-corrected chi connectivity index (χ0v) is 63.3. The molecule has 0 N–H and O–H groups in total. The summed E-state index contributed by atoms with van der Waals surface area (Å²) in [4.78, 5) is 6.48. The molecule has 12 aliphatic carbocycles. The average molecular weight is 1410 g/mol. The summed E-state index contributed by atoms with van der Waals surface area (Å²) in [6, 6.07) is 33.3. The zero-order valence-electron chi connectivity index (χ0n) is 62.5. The van der Waals surface area contributed by atoms with Gasteiger partial charge in [0.25, 0.3) is 0 Å². The topological polar surface area (TPSA) is 24.9 Å². The van der Waals surface area contributed by atoms with Crippen LogP contribution in [0.25, 0.3) is 5.57 Å². The van der Waals surface area contributed by atoms with Crippen molar-refractivity contribution >= 4 is 28.7 Å². The molecule has 0 saturated carbocycles. The van der Waals surface area contributed by atoms with Crippen molar-refractivity contribution in [3.63, 3.8) is 0 Å². The number of hydrogen-bond acceptors (Lipinski definition) is 5. The van der Waals surface area contributed by atoms with Crippen LogP contribution < -0.4 is 14.5 Å². The van der Waals surface area contributed by atoms with Crippen molar-refractivity contribution in [2.24, 2.45) is 22.7 Å². The molecule has 1 aliphatic heterocycles. The van der Waals surface area contributed by atoms with Crippen molar-refractivity contribution in [1.82, 2.24) is 0 Å². The monoisotopic (exact) mass is 1410 g/mol. The molecule has 7 heteroatoms. The van der Waals surface area contributed by atoms with Crippen LogP contribution in [0.15, 0.2) is 310 Å². The maximum atomic E-state index is 15.5. The number of halogens is 2. The van der Waals surface area contributed by atoms with Gasteiger partial charge in [-0.3, -0.25) is 0 Å². The third kappa shape index (κ3) is 12.5.